The number of allylic oxidation sites excluding steroid dienone is 11. The van der Waals surface area contributed by atoms with Crippen LogP contribution < -0.4 is 10.2 Å². The van der Waals surface area contributed by atoms with Crippen molar-refractivity contribution in [2.75, 3.05) is 40.9 Å². The van der Waals surface area contributed by atoms with E-state index in [0.29, 0.717) is 17.4 Å². The second-order valence-corrected chi connectivity index (χ2v) is 21.8. The van der Waals surface area contributed by atoms with Crippen molar-refractivity contribution < 1.29 is 37.3 Å². The Bertz CT molecular complexity index is 1430. The van der Waals surface area contributed by atoms with E-state index in [2.05, 4.69) is 86.8 Å². The molecule has 0 aliphatic rings. The van der Waals surface area contributed by atoms with Gasteiger partial charge in [0.15, 0.2) is 0 Å². The van der Waals surface area contributed by atoms with Gasteiger partial charge in [-0.2, -0.15) is 0 Å². The molecule has 0 aliphatic carbocycles. The Morgan fingerprint density at radius 3 is 1.40 bits per heavy atom. The summed E-state index contributed by atoms with van der Waals surface area (Å²) >= 11 is 0. The summed E-state index contributed by atoms with van der Waals surface area (Å²) in [6, 6.07) is -0.905. The number of phosphoric ester groups is 1. The van der Waals surface area contributed by atoms with E-state index in [-0.39, 0.29) is 31.3 Å². The number of amides is 1. The summed E-state index contributed by atoms with van der Waals surface area (Å²) in [4.78, 5) is 39.8. The van der Waals surface area contributed by atoms with Gasteiger partial charge in [-0.15, -0.1) is 0 Å². The van der Waals surface area contributed by atoms with Crippen LogP contribution in [0.4, 0.5) is 0 Å². The van der Waals surface area contributed by atoms with Crippen LogP contribution in [-0.4, -0.2) is 69.4 Å². The van der Waals surface area contributed by atoms with Crippen molar-refractivity contribution in [3.8, 4) is 0 Å². The van der Waals surface area contributed by atoms with Crippen molar-refractivity contribution >= 4 is 19.7 Å². The van der Waals surface area contributed by atoms with Gasteiger partial charge >= 0.3 is 5.97 Å². The molecular formula is C60H109N2O7P. The normalized spacial score (nSPS) is 14.3. The first-order chi connectivity index (χ1) is 33.9. The van der Waals surface area contributed by atoms with E-state index in [1.807, 2.05) is 33.3 Å². The van der Waals surface area contributed by atoms with E-state index in [9.17, 15) is 19.0 Å². The van der Waals surface area contributed by atoms with Crippen LogP contribution in [-0.2, 0) is 27.9 Å². The molecule has 0 heterocycles. The van der Waals surface area contributed by atoms with Gasteiger partial charge in [0.1, 0.15) is 19.3 Å². The molecule has 0 spiro atoms. The SMILES string of the molecule is CC/C=C/C/C=C/C/C=C/CCCCCCC(=O)NC(COP(=O)([O-])OCC[N+](C)(C)C)C(/C=C/CCCCCCCCCCCCC)OC(=O)CCCCCCCCC/C=C\C/C=C\CCCCC. The molecule has 0 saturated heterocycles. The van der Waals surface area contributed by atoms with E-state index < -0.39 is 26.6 Å². The van der Waals surface area contributed by atoms with Gasteiger partial charge in [-0.05, 0) is 96.0 Å². The molecule has 3 atom stereocenters. The molecule has 70 heavy (non-hydrogen) atoms. The largest absolute Gasteiger partial charge is 0.756 e. The summed E-state index contributed by atoms with van der Waals surface area (Å²) in [5, 5.41) is 3.00. The van der Waals surface area contributed by atoms with Gasteiger partial charge in [0.2, 0.25) is 5.91 Å². The van der Waals surface area contributed by atoms with Crippen molar-refractivity contribution in [2.45, 2.75) is 258 Å². The summed E-state index contributed by atoms with van der Waals surface area (Å²) in [7, 11) is 1.16. The molecule has 1 N–H and O–H groups in total. The van der Waals surface area contributed by atoms with Crippen LogP contribution in [0.5, 0.6) is 0 Å². The first kappa shape index (κ1) is 67.5. The number of hydrogen-bond acceptors (Lipinski definition) is 7. The van der Waals surface area contributed by atoms with E-state index in [1.165, 1.54) is 103 Å². The second kappa shape index (κ2) is 50.0. The highest BCUT2D eigenvalue weighted by Crippen LogP contribution is 2.38. The third-order valence-electron chi connectivity index (χ3n) is 12.4. The number of likely N-dealkylation sites (N-methyl/N-ethyl adjacent to an activating group) is 1. The third-order valence-corrected chi connectivity index (χ3v) is 13.3. The number of hydrogen-bond donors (Lipinski definition) is 1. The summed E-state index contributed by atoms with van der Waals surface area (Å²) < 4.78 is 30.2. The minimum Gasteiger partial charge on any atom is -0.756 e. The van der Waals surface area contributed by atoms with Gasteiger partial charge in [-0.3, -0.25) is 14.2 Å². The lowest BCUT2D eigenvalue weighted by atomic mass is 10.0. The Hall–Kier alpha value is -2.55. The Kier molecular flexibility index (Phi) is 48.2. The van der Waals surface area contributed by atoms with Crippen LogP contribution in [0.1, 0.15) is 245 Å². The molecule has 3 unspecified atom stereocenters. The molecular weight excluding hydrogens is 892 g/mol. The summed E-state index contributed by atoms with van der Waals surface area (Å²) in [6.07, 6.45) is 62.9. The highest BCUT2D eigenvalue weighted by molar-refractivity contribution is 7.45. The quantitative estimate of drug-likeness (QED) is 0.0212. The average molecular weight is 1000 g/mol. The van der Waals surface area contributed by atoms with Gasteiger partial charge in [0.25, 0.3) is 7.82 Å². The van der Waals surface area contributed by atoms with E-state index in [0.717, 1.165) is 103 Å². The number of phosphoric acid groups is 1. The first-order valence-electron chi connectivity index (χ1n) is 28.7. The predicted molar refractivity (Wildman–Crippen MR) is 298 cm³/mol. The Labute approximate surface area is 432 Å². The third kappa shape index (κ3) is 50.4. The molecule has 0 aromatic rings. The van der Waals surface area contributed by atoms with Crippen molar-refractivity contribution in [3.05, 3.63) is 72.9 Å². The van der Waals surface area contributed by atoms with Crippen molar-refractivity contribution in [1.29, 1.82) is 0 Å². The van der Waals surface area contributed by atoms with Crippen LogP contribution >= 0.6 is 7.82 Å². The lowest BCUT2D eigenvalue weighted by Crippen LogP contribution is -2.47. The summed E-state index contributed by atoms with van der Waals surface area (Å²) in [5.74, 6) is -0.577. The smallest absolute Gasteiger partial charge is 0.306 e. The van der Waals surface area contributed by atoms with Gasteiger partial charge in [0, 0.05) is 12.8 Å². The fraction of sp³-hybridized carbons (Fsp3) is 0.767. The number of rotatable bonds is 51. The van der Waals surface area contributed by atoms with E-state index >= 15 is 0 Å². The maximum absolute atomic E-state index is 13.5. The lowest BCUT2D eigenvalue weighted by molar-refractivity contribution is -0.870. The minimum atomic E-state index is -4.70. The van der Waals surface area contributed by atoms with Gasteiger partial charge in [-0.1, -0.05) is 210 Å². The van der Waals surface area contributed by atoms with Gasteiger partial charge in [0.05, 0.1) is 33.8 Å². The fourth-order valence-corrected chi connectivity index (χ4v) is 8.64. The number of esters is 1. The molecule has 0 saturated carbocycles. The fourth-order valence-electron chi connectivity index (χ4n) is 7.92. The van der Waals surface area contributed by atoms with Crippen LogP contribution in [0.2, 0.25) is 0 Å². The molecule has 0 fully saturated rings. The van der Waals surface area contributed by atoms with Crippen molar-refractivity contribution in [2.24, 2.45) is 0 Å². The Morgan fingerprint density at radius 1 is 0.514 bits per heavy atom. The van der Waals surface area contributed by atoms with Crippen LogP contribution in [0.15, 0.2) is 72.9 Å². The van der Waals surface area contributed by atoms with Crippen LogP contribution in [0, 0.1) is 0 Å². The number of nitrogens with zero attached hydrogens (tertiary/aromatic N) is 1. The maximum Gasteiger partial charge on any atom is 0.306 e. The zero-order valence-corrected chi connectivity index (χ0v) is 47.1. The van der Waals surface area contributed by atoms with E-state index in [1.54, 1.807) is 0 Å². The molecule has 9 nitrogen and oxygen atoms in total. The van der Waals surface area contributed by atoms with Crippen molar-refractivity contribution in [3.63, 3.8) is 0 Å². The van der Waals surface area contributed by atoms with E-state index in [4.69, 9.17) is 13.8 Å². The summed E-state index contributed by atoms with van der Waals surface area (Å²) in [5.41, 5.74) is 0. The summed E-state index contributed by atoms with van der Waals surface area (Å²) in [6.45, 7) is 6.68. The number of unbranched alkanes of at least 4 members (excludes halogenated alkanes) is 25. The number of carbonyl (C=O) groups is 2. The number of quaternary nitrogens is 1. The zero-order chi connectivity index (χ0) is 51.5. The number of nitrogens with one attached hydrogen (secondary N) is 1. The average Bonchev–Trinajstić information content (AvgIpc) is 3.32. The monoisotopic (exact) mass is 1000 g/mol. The molecule has 0 radical (unpaired) electrons. The molecule has 1 amide bonds. The van der Waals surface area contributed by atoms with Crippen LogP contribution in [0.3, 0.4) is 0 Å². The topological polar surface area (TPSA) is 114 Å². The van der Waals surface area contributed by atoms with Crippen molar-refractivity contribution in [1.82, 2.24) is 5.32 Å². The van der Waals surface area contributed by atoms with Gasteiger partial charge in [-0.25, -0.2) is 0 Å². The Balaban J connectivity index is 5.41. The first-order valence-corrected chi connectivity index (χ1v) is 30.2. The lowest BCUT2D eigenvalue weighted by Gasteiger charge is -2.30. The predicted octanol–water partition coefficient (Wildman–Crippen LogP) is 16.6. The molecule has 10 heteroatoms. The van der Waals surface area contributed by atoms with Gasteiger partial charge < -0.3 is 28.5 Å². The standard InChI is InChI=1S/C60H109N2O7P/c1-7-10-13-16-19-22-25-28-30-31-32-35-38-41-44-47-50-53-60(64)69-58(51-48-45-42-39-36-33-27-24-21-18-15-12-9-3)57(56-68-70(65,66)67-55-54-62(4,5)6)61-59(63)52-49-46-43-40-37-34-29-26-23-20-17-14-11-8-2/h11,14,19-20,22-23,28-30,34,48,51,57-58H,7-10,12-13,15-18,21,24-27,31-33,35-47,49-50,52-56H2,1-6H3,(H-,61,63,65,66)/b14-11+,22-19-,23-20+,30-28-,34-29+,51-48+. The highest BCUT2D eigenvalue weighted by atomic mass is 31.2. The second-order valence-electron chi connectivity index (χ2n) is 20.4. The molecule has 406 valence electrons. The zero-order valence-electron chi connectivity index (χ0n) is 46.2. The molecule has 0 bridgehead atoms. The highest BCUT2D eigenvalue weighted by Gasteiger charge is 2.27. The molecule has 0 rings (SSSR count). The molecule has 0 aliphatic heterocycles. The minimum absolute atomic E-state index is 0.0307. The number of carbonyl (C=O) groups excluding carboxylic acids is 2. The molecule has 0 aromatic carbocycles. The Morgan fingerprint density at radius 2 is 0.914 bits per heavy atom. The number of ether oxygens (including phenoxy) is 1. The maximum atomic E-state index is 13.5. The molecule has 0 aromatic heterocycles. The van der Waals surface area contributed by atoms with Crippen LogP contribution in [0.25, 0.3) is 0 Å².